The second kappa shape index (κ2) is 5.68. The van der Waals surface area contributed by atoms with Crippen LogP contribution in [0.5, 0.6) is 0 Å². The number of benzene rings is 1. The summed E-state index contributed by atoms with van der Waals surface area (Å²) in [6.45, 7) is 6.47. The highest BCUT2D eigenvalue weighted by Gasteiger charge is 2.12. The van der Waals surface area contributed by atoms with Gasteiger partial charge in [-0.2, -0.15) is 11.3 Å². The molecule has 1 unspecified atom stereocenters. The largest absolute Gasteiger partial charge is 0.324 e. The van der Waals surface area contributed by atoms with E-state index in [2.05, 4.69) is 49.7 Å². The second-order valence-electron chi connectivity index (χ2n) is 5.09. The molecule has 1 heterocycles. The summed E-state index contributed by atoms with van der Waals surface area (Å²) >= 11 is 1.75. The molecule has 0 fully saturated rings. The Kier molecular flexibility index (Phi) is 4.20. The van der Waals surface area contributed by atoms with Gasteiger partial charge in [0.1, 0.15) is 0 Å². The molecule has 2 heteroatoms. The van der Waals surface area contributed by atoms with E-state index in [1.54, 1.807) is 11.3 Å². The smallest absolute Gasteiger partial charge is 0.0303 e. The molecule has 18 heavy (non-hydrogen) atoms. The van der Waals surface area contributed by atoms with Crippen molar-refractivity contribution in [2.45, 2.75) is 39.7 Å². The van der Waals surface area contributed by atoms with Gasteiger partial charge in [0.2, 0.25) is 0 Å². The van der Waals surface area contributed by atoms with Crippen LogP contribution in [0.3, 0.4) is 0 Å². The van der Waals surface area contributed by atoms with Gasteiger partial charge in [-0.05, 0) is 72.7 Å². The Balaban J connectivity index is 2.11. The van der Waals surface area contributed by atoms with Crippen LogP contribution in [0.1, 0.15) is 40.3 Å². The Labute approximate surface area is 114 Å². The third-order valence-corrected chi connectivity index (χ3v) is 4.16. The molecule has 0 amide bonds. The van der Waals surface area contributed by atoms with Gasteiger partial charge in [0.05, 0.1) is 0 Å². The molecule has 0 spiro atoms. The normalized spacial score (nSPS) is 12.7. The molecule has 96 valence electrons. The number of thiophene rings is 1. The first-order valence-electron chi connectivity index (χ1n) is 6.42. The van der Waals surface area contributed by atoms with Crippen molar-refractivity contribution in [2.24, 2.45) is 5.73 Å². The molecule has 2 N–H and O–H groups in total. The van der Waals surface area contributed by atoms with E-state index in [-0.39, 0.29) is 6.04 Å². The average Bonchev–Trinajstić information content (AvgIpc) is 2.77. The zero-order valence-corrected chi connectivity index (χ0v) is 12.2. The van der Waals surface area contributed by atoms with Crippen LogP contribution in [0, 0.1) is 20.8 Å². The fraction of sp³-hybridized carbons (Fsp3) is 0.375. The topological polar surface area (TPSA) is 26.0 Å². The lowest BCUT2D eigenvalue weighted by atomic mass is 9.91. The van der Waals surface area contributed by atoms with E-state index in [9.17, 15) is 0 Å². The lowest BCUT2D eigenvalue weighted by molar-refractivity contribution is 0.644. The minimum absolute atomic E-state index is 0.144. The molecule has 0 saturated heterocycles. The summed E-state index contributed by atoms with van der Waals surface area (Å²) in [5.74, 6) is 0. The summed E-state index contributed by atoms with van der Waals surface area (Å²) in [7, 11) is 0. The first-order chi connectivity index (χ1) is 8.58. The highest BCUT2D eigenvalue weighted by atomic mass is 32.1. The predicted octanol–water partition coefficient (Wildman–Crippen LogP) is 4.31. The zero-order valence-electron chi connectivity index (χ0n) is 11.4. The van der Waals surface area contributed by atoms with Crippen LogP contribution >= 0.6 is 11.3 Å². The number of rotatable bonds is 4. The minimum Gasteiger partial charge on any atom is -0.324 e. The van der Waals surface area contributed by atoms with E-state index in [1.165, 1.54) is 27.8 Å². The van der Waals surface area contributed by atoms with Crippen LogP contribution in [0.25, 0.3) is 0 Å². The summed E-state index contributed by atoms with van der Waals surface area (Å²) < 4.78 is 0. The van der Waals surface area contributed by atoms with E-state index < -0.39 is 0 Å². The molecule has 2 aromatic rings. The Bertz CT molecular complexity index is 491. The van der Waals surface area contributed by atoms with Crippen molar-refractivity contribution in [3.8, 4) is 0 Å². The predicted molar refractivity (Wildman–Crippen MR) is 80.2 cm³/mol. The van der Waals surface area contributed by atoms with Gasteiger partial charge in [0.25, 0.3) is 0 Å². The van der Waals surface area contributed by atoms with Gasteiger partial charge in [-0.3, -0.25) is 0 Å². The van der Waals surface area contributed by atoms with Crippen LogP contribution in [0.4, 0.5) is 0 Å². The van der Waals surface area contributed by atoms with Crippen molar-refractivity contribution in [1.29, 1.82) is 0 Å². The van der Waals surface area contributed by atoms with E-state index in [0.29, 0.717) is 0 Å². The molecule has 1 atom stereocenters. The minimum atomic E-state index is 0.144. The van der Waals surface area contributed by atoms with Crippen molar-refractivity contribution in [1.82, 2.24) is 0 Å². The first kappa shape index (κ1) is 13.3. The van der Waals surface area contributed by atoms with Gasteiger partial charge in [0.15, 0.2) is 0 Å². The van der Waals surface area contributed by atoms with E-state index in [0.717, 1.165) is 12.8 Å². The van der Waals surface area contributed by atoms with Crippen LogP contribution in [0.2, 0.25) is 0 Å². The highest BCUT2D eigenvalue weighted by molar-refractivity contribution is 7.07. The Morgan fingerprint density at radius 3 is 2.39 bits per heavy atom. The number of nitrogens with two attached hydrogens (primary N) is 1. The Morgan fingerprint density at radius 2 is 1.83 bits per heavy atom. The van der Waals surface area contributed by atoms with Crippen molar-refractivity contribution in [3.63, 3.8) is 0 Å². The van der Waals surface area contributed by atoms with Crippen molar-refractivity contribution < 1.29 is 0 Å². The molecular weight excluding hydrogens is 238 g/mol. The average molecular weight is 259 g/mol. The highest BCUT2D eigenvalue weighted by Crippen LogP contribution is 2.25. The number of hydrogen-bond acceptors (Lipinski definition) is 2. The van der Waals surface area contributed by atoms with Crippen molar-refractivity contribution in [2.75, 3.05) is 0 Å². The molecule has 1 aromatic heterocycles. The van der Waals surface area contributed by atoms with Crippen LogP contribution in [-0.2, 0) is 6.42 Å². The lowest BCUT2D eigenvalue weighted by Gasteiger charge is -2.18. The molecule has 0 radical (unpaired) electrons. The summed E-state index contributed by atoms with van der Waals surface area (Å²) in [5.41, 5.74) is 13.1. The fourth-order valence-electron chi connectivity index (χ4n) is 2.68. The van der Waals surface area contributed by atoms with Crippen LogP contribution < -0.4 is 5.73 Å². The van der Waals surface area contributed by atoms with Gasteiger partial charge in [-0.25, -0.2) is 0 Å². The van der Waals surface area contributed by atoms with Gasteiger partial charge in [-0.1, -0.05) is 17.7 Å². The lowest BCUT2D eigenvalue weighted by Crippen LogP contribution is -2.14. The van der Waals surface area contributed by atoms with Crippen molar-refractivity contribution in [3.05, 3.63) is 56.8 Å². The monoisotopic (exact) mass is 259 g/mol. The van der Waals surface area contributed by atoms with Gasteiger partial charge >= 0.3 is 0 Å². The molecule has 0 saturated carbocycles. The maximum atomic E-state index is 6.37. The van der Waals surface area contributed by atoms with Crippen LogP contribution in [0.15, 0.2) is 29.0 Å². The molecule has 1 aromatic carbocycles. The fourth-order valence-corrected chi connectivity index (χ4v) is 3.38. The maximum absolute atomic E-state index is 6.37. The maximum Gasteiger partial charge on any atom is 0.0303 e. The van der Waals surface area contributed by atoms with Crippen molar-refractivity contribution >= 4 is 11.3 Å². The zero-order chi connectivity index (χ0) is 13.1. The summed E-state index contributed by atoms with van der Waals surface area (Å²) in [6.07, 6.45) is 2.08. The molecule has 0 bridgehead atoms. The Hall–Kier alpha value is -1.12. The van der Waals surface area contributed by atoms with Gasteiger partial charge in [-0.15, -0.1) is 0 Å². The number of aryl methyl sites for hydroxylation is 4. The second-order valence-corrected chi connectivity index (χ2v) is 5.87. The SMILES string of the molecule is Cc1cc(C)c(C(N)CCc2ccsc2)c(C)c1. The quantitative estimate of drug-likeness (QED) is 0.870. The summed E-state index contributed by atoms with van der Waals surface area (Å²) in [4.78, 5) is 0. The van der Waals surface area contributed by atoms with E-state index >= 15 is 0 Å². The van der Waals surface area contributed by atoms with Gasteiger partial charge in [0, 0.05) is 6.04 Å². The molecule has 0 aliphatic heterocycles. The molecule has 0 aliphatic rings. The molecule has 0 aliphatic carbocycles. The molecule has 1 nitrogen and oxygen atoms in total. The first-order valence-corrected chi connectivity index (χ1v) is 7.36. The van der Waals surface area contributed by atoms with Crippen LogP contribution in [-0.4, -0.2) is 0 Å². The van der Waals surface area contributed by atoms with E-state index in [4.69, 9.17) is 5.73 Å². The van der Waals surface area contributed by atoms with E-state index in [1.807, 2.05) is 0 Å². The summed E-state index contributed by atoms with van der Waals surface area (Å²) in [5, 5.41) is 4.34. The standard InChI is InChI=1S/C16H21NS/c1-11-8-12(2)16(13(3)9-11)15(17)5-4-14-6-7-18-10-14/h6-10,15H,4-5,17H2,1-3H3. The third-order valence-electron chi connectivity index (χ3n) is 3.43. The third kappa shape index (κ3) is 3.01. The molecular formula is C16H21NS. The Morgan fingerprint density at radius 1 is 1.17 bits per heavy atom. The summed E-state index contributed by atoms with van der Waals surface area (Å²) in [6, 6.07) is 6.79. The molecule has 2 rings (SSSR count). The number of hydrogen-bond donors (Lipinski definition) is 1. The van der Waals surface area contributed by atoms with Gasteiger partial charge < -0.3 is 5.73 Å².